The maximum absolute atomic E-state index is 10.7. The van der Waals surface area contributed by atoms with E-state index in [0.717, 1.165) is 5.69 Å². The molecule has 82 valence electrons. The molecule has 0 aliphatic carbocycles. The van der Waals surface area contributed by atoms with Crippen molar-refractivity contribution in [2.24, 2.45) is 0 Å². The van der Waals surface area contributed by atoms with E-state index in [-0.39, 0.29) is 12.1 Å². The first-order valence-electron chi connectivity index (χ1n) is 4.64. The Kier molecular flexibility index (Phi) is 3.49. The number of rotatable bonds is 5. The molecule has 0 radical (unpaired) electrons. The van der Waals surface area contributed by atoms with Crippen molar-refractivity contribution in [1.29, 1.82) is 0 Å². The van der Waals surface area contributed by atoms with Crippen LogP contribution in [0.4, 0.5) is 0 Å². The van der Waals surface area contributed by atoms with Crippen LogP contribution in [-0.4, -0.2) is 27.1 Å². The Morgan fingerprint density at radius 3 is 2.53 bits per heavy atom. The van der Waals surface area contributed by atoms with Crippen LogP contribution < -0.4 is 0 Å². The second-order valence-corrected chi connectivity index (χ2v) is 3.41. The molecule has 0 aromatic carbocycles. The van der Waals surface area contributed by atoms with Crippen molar-refractivity contribution in [2.45, 2.75) is 26.2 Å². The van der Waals surface area contributed by atoms with Gasteiger partial charge >= 0.3 is 11.9 Å². The third kappa shape index (κ3) is 3.12. The highest BCUT2D eigenvalue weighted by atomic mass is 16.4. The zero-order chi connectivity index (χ0) is 11.4. The van der Waals surface area contributed by atoms with Crippen LogP contribution in [0.2, 0.25) is 0 Å². The van der Waals surface area contributed by atoms with Crippen molar-refractivity contribution >= 4 is 11.9 Å². The Balaban J connectivity index is 2.59. The summed E-state index contributed by atoms with van der Waals surface area (Å²) in [4.78, 5) is 23.7. The van der Waals surface area contributed by atoms with Crippen LogP contribution in [0.5, 0.6) is 0 Å². The number of carboxylic acids is 2. The molecule has 15 heavy (non-hydrogen) atoms. The predicted molar refractivity (Wildman–Crippen MR) is 53.1 cm³/mol. The fourth-order valence-corrected chi connectivity index (χ4v) is 1.42. The van der Waals surface area contributed by atoms with Gasteiger partial charge in [0.2, 0.25) is 0 Å². The van der Waals surface area contributed by atoms with E-state index in [4.69, 9.17) is 10.2 Å². The van der Waals surface area contributed by atoms with Gasteiger partial charge in [-0.25, -0.2) is 4.79 Å². The first kappa shape index (κ1) is 11.3. The summed E-state index contributed by atoms with van der Waals surface area (Å²) < 4.78 is 0. The summed E-state index contributed by atoms with van der Waals surface area (Å²) in [6.45, 7) is 1.71. The van der Waals surface area contributed by atoms with Gasteiger partial charge in [-0.3, -0.25) is 4.79 Å². The molecular formula is C10H13NO4. The normalized spacial score (nSPS) is 10.2. The number of aromatic amines is 1. The molecule has 0 amide bonds. The molecule has 5 nitrogen and oxygen atoms in total. The van der Waals surface area contributed by atoms with Crippen molar-refractivity contribution in [2.75, 3.05) is 0 Å². The minimum Gasteiger partial charge on any atom is -0.481 e. The number of carbonyl (C=O) groups is 2. The monoisotopic (exact) mass is 211 g/mol. The van der Waals surface area contributed by atoms with Crippen molar-refractivity contribution < 1.29 is 19.8 Å². The Labute approximate surface area is 86.7 Å². The van der Waals surface area contributed by atoms with Gasteiger partial charge in [0.25, 0.3) is 0 Å². The molecule has 1 heterocycles. The van der Waals surface area contributed by atoms with Crippen LogP contribution in [0.3, 0.4) is 0 Å². The number of carboxylic acid groups (broad SMARTS) is 2. The molecule has 0 bridgehead atoms. The van der Waals surface area contributed by atoms with Gasteiger partial charge in [-0.1, -0.05) is 0 Å². The molecule has 0 atom stereocenters. The summed E-state index contributed by atoms with van der Waals surface area (Å²) in [6, 6.07) is 1.74. The second kappa shape index (κ2) is 4.63. The number of aromatic nitrogens is 1. The van der Waals surface area contributed by atoms with E-state index in [1.807, 2.05) is 0 Å². The number of aromatic carboxylic acids is 1. The minimum atomic E-state index is -0.989. The molecule has 0 spiro atoms. The number of aliphatic carboxylic acids is 1. The molecule has 1 aromatic heterocycles. The molecule has 0 fully saturated rings. The average Bonchev–Trinajstić information content (AvgIpc) is 2.46. The average molecular weight is 211 g/mol. The lowest BCUT2D eigenvalue weighted by Crippen LogP contribution is -1.99. The van der Waals surface area contributed by atoms with Gasteiger partial charge in [0.05, 0.1) is 0 Å². The maximum atomic E-state index is 10.7. The van der Waals surface area contributed by atoms with E-state index in [2.05, 4.69) is 4.98 Å². The van der Waals surface area contributed by atoms with Crippen molar-refractivity contribution in [1.82, 2.24) is 4.98 Å². The smallest absolute Gasteiger partial charge is 0.352 e. The van der Waals surface area contributed by atoms with Crippen LogP contribution in [0.15, 0.2) is 6.07 Å². The van der Waals surface area contributed by atoms with Crippen molar-refractivity contribution in [3.63, 3.8) is 0 Å². The number of hydrogen-bond acceptors (Lipinski definition) is 2. The summed E-state index contributed by atoms with van der Waals surface area (Å²) >= 11 is 0. The third-order valence-electron chi connectivity index (χ3n) is 2.12. The van der Waals surface area contributed by atoms with Crippen LogP contribution in [0, 0.1) is 6.92 Å². The third-order valence-corrected chi connectivity index (χ3v) is 2.12. The molecule has 0 saturated heterocycles. The standard InChI is InChI=1S/C10H13NO4/c1-6-5-7(3-2-4-8(12)13)11-9(6)10(14)15/h5,11H,2-4H2,1H3,(H,12,13)(H,14,15). The number of hydrogen-bond donors (Lipinski definition) is 3. The SMILES string of the molecule is Cc1cc(CCCC(=O)O)[nH]c1C(=O)O. The summed E-state index contributed by atoms with van der Waals surface area (Å²) in [5, 5.41) is 17.2. The first-order valence-corrected chi connectivity index (χ1v) is 4.64. The molecule has 3 N–H and O–H groups in total. The lowest BCUT2D eigenvalue weighted by molar-refractivity contribution is -0.137. The Morgan fingerprint density at radius 2 is 2.07 bits per heavy atom. The van der Waals surface area contributed by atoms with Gasteiger partial charge in [-0.15, -0.1) is 0 Å². The van der Waals surface area contributed by atoms with E-state index in [1.165, 1.54) is 0 Å². The number of nitrogens with one attached hydrogen (secondary N) is 1. The Hall–Kier alpha value is -1.78. The molecule has 0 aliphatic rings. The highest BCUT2D eigenvalue weighted by Gasteiger charge is 2.10. The largest absolute Gasteiger partial charge is 0.481 e. The van der Waals surface area contributed by atoms with Gasteiger partial charge in [0.15, 0.2) is 0 Å². The molecule has 1 aromatic rings. The molecular weight excluding hydrogens is 198 g/mol. The molecule has 5 heteroatoms. The molecule has 0 saturated carbocycles. The van der Waals surface area contributed by atoms with E-state index in [0.29, 0.717) is 18.4 Å². The highest BCUT2D eigenvalue weighted by Crippen LogP contribution is 2.12. The van der Waals surface area contributed by atoms with E-state index < -0.39 is 11.9 Å². The van der Waals surface area contributed by atoms with Crippen LogP contribution in [-0.2, 0) is 11.2 Å². The quantitative estimate of drug-likeness (QED) is 0.687. The van der Waals surface area contributed by atoms with Crippen molar-refractivity contribution in [3.8, 4) is 0 Å². The summed E-state index contributed by atoms with van der Waals surface area (Å²) in [7, 11) is 0. The fourth-order valence-electron chi connectivity index (χ4n) is 1.42. The van der Waals surface area contributed by atoms with E-state index in [9.17, 15) is 9.59 Å². The zero-order valence-electron chi connectivity index (χ0n) is 8.41. The summed E-state index contributed by atoms with van der Waals surface area (Å²) in [5.41, 5.74) is 1.62. The predicted octanol–water partition coefficient (Wildman–Crippen LogP) is 1.43. The maximum Gasteiger partial charge on any atom is 0.352 e. The zero-order valence-corrected chi connectivity index (χ0v) is 8.41. The van der Waals surface area contributed by atoms with Crippen LogP contribution in [0.1, 0.15) is 34.6 Å². The topological polar surface area (TPSA) is 90.4 Å². The first-order chi connectivity index (χ1) is 7.00. The fraction of sp³-hybridized carbons (Fsp3) is 0.400. The van der Waals surface area contributed by atoms with Gasteiger partial charge < -0.3 is 15.2 Å². The van der Waals surface area contributed by atoms with Gasteiger partial charge in [0.1, 0.15) is 5.69 Å². The Morgan fingerprint density at radius 1 is 1.40 bits per heavy atom. The highest BCUT2D eigenvalue weighted by molar-refractivity contribution is 5.87. The summed E-state index contributed by atoms with van der Waals surface area (Å²) in [6.07, 6.45) is 1.16. The van der Waals surface area contributed by atoms with Crippen LogP contribution in [0.25, 0.3) is 0 Å². The summed E-state index contributed by atoms with van der Waals surface area (Å²) in [5.74, 6) is -1.83. The lowest BCUT2D eigenvalue weighted by atomic mass is 10.2. The number of aryl methyl sites for hydroxylation is 2. The number of H-pyrrole nitrogens is 1. The van der Waals surface area contributed by atoms with Crippen LogP contribution >= 0.6 is 0 Å². The molecule has 1 rings (SSSR count). The van der Waals surface area contributed by atoms with Crippen molar-refractivity contribution in [3.05, 3.63) is 23.0 Å². The molecule has 0 unspecified atom stereocenters. The van der Waals surface area contributed by atoms with Gasteiger partial charge in [-0.05, 0) is 31.4 Å². The molecule has 0 aliphatic heterocycles. The van der Waals surface area contributed by atoms with E-state index >= 15 is 0 Å². The lowest BCUT2D eigenvalue weighted by Gasteiger charge is -1.94. The van der Waals surface area contributed by atoms with Gasteiger partial charge in [0, 0.05) is 12.1 Å². The van der Waals surface area contributed by atoms with E-state index in [1.54, 1.807) is 13.0 Å². The Bertz CT molecular complexity index is 381. The van der Waals surface area contributed by atoms with Gasteiger partial charge in [-0.2, -0.15) is 0 Å². The minimum absolute atomic E-state index is 0.0977. The second-order valence-electron chi connectivity index (χ2n) is 3.41.